The van der Waals surface area contributed by atoms with Crippen molar-refractivity contribution in [2.45, 2.75) is 59.0 Å². The highest BCUT2D eigenvalue weighted by Crippen LogP contribution is 2.19. The Kier molecular flexibility index (Phi) is 5.39. The second kappa shape index (κ2) is 7.07. The van der Waals surface area contributed by atoms with Crippen molar-refractivity contribution in [2.75, 3.05) is 13.1 Å². The van der Waals surface area contributed by atoms with Crippen LogP contribution in [0.4, 0.5) is 0 Å². The van der Waals surface area contributed by atoms with Gasteiger partial charge < -0.3 is 10.2 Å². The molecule has 0 aliphatic carbocycles. The third-order valence-electron chi connectivity index (χ3n) is 4.29. The second-order valence-corrected chi connectivity index (χ2v) is 6.56. The van der Waals surface area contributed by atoms with Crippen molar-refractivity contribution in [1.29, 1.82) is 0 Å². The van der Waals surface area contributed by atoms with E-state index in [9.17, 15) is 4.79 Å². The maximum absolute atomic E-state index is 12.3. The standard InChI is InChI=1S/C16H28N4O/c1-11(2)20-7-5-14(6-8-20)16(21)17-12(3)9-15-10-13(4)18-19-15/h10-12,14H,5-9H2,1-4H3,(H,17,21)(H,18,19)/t12-/m1/s1. The van der Waals surface area contributed by atoms with Crippen molar-refractivity contribution in [3.63, 3.8) is 0 Å². The van der Waals surface area contributed by atoms with Crippen LogP contribution in [0.3, 0.4) is 0 Å². The molecule has 1 amide bonds. The highest BCUT2D eigenvalue weighted by atomic mass is 16.1. The van der Waals surface area contributed by atoms with Crippen molar-refractivity contribution in [3.05, 3.63) is 17.5 Å². The molecule has 1 atom stereocenters. The zero-order valence-electron chi connectivity index (χ0n) is 13.6. The van der Waals surface area contributed by atoms with E-state index < -0.39 is 0 Å². The number of carbonyl (C=O) groups is 1. The molecular weight excluding hydrogens is 264 g/mol. The maximum Gasteiger partial charge on any atom is 0.223 e. The lowest BCUT2D eigenvalue weighted by atomic mass is 9.94. The number of carbonyl (C=O) groups excluding carboxylic acids is 1. The zero-order valence-corrected chi connectivity index (χ0v) is 13.6. The fraction of sp³-hybridized carbons (Fsp3) is 0.750. The van der Waals surface area contributed by atoms with Crippen LogP contribution >= 0.6 is 0 Å². The Labute approximate surface area is 127 Å². The van der Waals surface area contributed by atoms with Crippen molar-refractivity contribution >= 4 is 5.91 Å². The molecule has 1 aromatic rings. The molecular formula is C16H28N4O. The number of H-pyrrole nitrogens is 1. The molecule has 2 N–H and O–H groups in total. The summed E-state index contributed by atoms with van der Waals surface area (Å²) in [6, 6.07) is 2.74. The molecule has 0 radical (unpaired) electrons. The van der Waals surface area contributed by atoms with Gasteiger partial charge >= 0.3 is 0 Å². The first kappa shape index (κ1) is 16.0. The topological polar surface area (TPSA) is 61.0 Å². The first-order valence-electron chi connectivity index (χ1n) is 8.01. The number of hydrogen-bond acceptors (Lipinski definition) is 3. The average molecular weight is 292 g/mol. The van der Waals surface area contributed by atoms with Gasteiger partial charge in [-0.1, -0.05) is 0 Å². The molecule has 0 aromatic carbocycles. The van der Waals surface area contributed by atoms with Crippen molar-refractivity contribution in [2.24, 2.45) is 5.92 Å². The lowest BCUT2D eigenvalue weighted by Gasteiger charge is -2.34. The number of rotatable bonds is 5. The Balaban J connectivity index is 1.76. The summed E-state index contributed by atoms with van der Waals surface area (Å²) in [6.45, 7) is 10.5. The van der Waals surface area contributed by atoms with E-state index in [0.29, 0.717) is 6.04 Å². The smallest absolute Gasteiger partial charge is 0.223 e. The van der Waals surface area contributed by atoms with Crippen LogP contribution < -0.4 is 5.32 Å². The average Bonchev–Trinajstić information content (AvgIpc) is 2.83. The van der Waals surface area contributed by atoms with E-state index in [0.717, 1.165) is 43.7 Å². The van der Waals surface area contributed by atoms with E-state index in [4.69, 9.17) is 0 Å². The lowest BCUT2D eigenvalue weighted by Crippen LogP contribution is -2.45. The van der Waals surface area contributed by atoms with Crippen LogP contribution in [0.2, 0.25) is 0 Å². The van der Waals surface area contributed by atoms with Crippen LogP contribution in [-0.4, -0.2) is 46.2 Å². The number of likely N-dealkylation sites (tertiary alicyclic amines) is 1. The molecule has 1 fully saturated rings. The normalized spacial score (nSPS) is 18.9. The van der Waals surface area contributed by atoms with Gasteiger partial charge in [0.05, 0.1) is 5.69 Å². The SMILES string of the molecule is Cc1cc(C[C@@H](C)NC(=O)C2CCN(C(C)C)CC2)n[nH]1. The Bertz CT molecular complexity index is 461. The summed E-state index contributed by atoms with van der Waals surface area (Å²) in [7, 11) is 0. The van der Waals surface area contributed by atoms with E-state index in [1.54, 1.807) is 0 Å². The number of piperidine rings is 1. The fourth-order valence-electron chi connectivity index (χ4n) is 2.98. The third kappa shape index (κ3) is 4.56. The molecule has 2 rings (SSSR count). The molecule has 0 spiro atoms. The number of aryl methyl sites for hydroxylation is 1. The van der Waals surface area contributed by atoms with Gasteiger partial charge in [0, 0.05) is 30.1 Å². The summed E-state index contributed by atoms with van der Waals surface area (Å²) in [5, 5.41) is 10.3. The predicted octanol–water partition coefficient (Wildman–Crippen LogP) is 1.89. The highest BCUT2D eigenvalue weighted by Gasteiger charge is 2.26. The van der Waals surface area contributed by atoms with Gasteiger partial charge in [0.15, 0.2) is 0 Å². The first-order chi connectivity index (χ1) is 9.95. The van der Waals surface area contributed by atoms with Crippen LogP contribution in [0, 0.1) is 12.8 Å². The lowest BCUT2D eigenvalue weighted by molar-refractivity contribution is -0.127. The Morgan fingerprint density at radius 1 is 1.43 bits per heavy atom. The van der Waals surface area contributed by atoms with Crippen molar-refractivity contribution in [1.82, 2.24) is 20.4 Å². The summed E-state index contributed by atoms with van der Waals surface area (Å²) in [4.78, 5) is 14.8. The van der Waals surface area contributed by atoms with Gasteiger partial charge in [-0.05, 0) is 59.7 Å². The molecule has 2 heterocycles. The van der Waals surface area contributed by atoms with E-state index in [1.807, 2.05) is 19.9 Å². The molecule has 21 heavy (non-hydrogen) atoms. The Morgan fingerprint density at radius 2 is 2.10 bits per heavy atom. The molecule has 0 unspecified atom stereocenters. The predicted molar refractivity (Wildman–Crippen MR) is 84.1 cm³/mol. The van der Waals surface area contributed by atoms with Crippen LogP contribution in [0.5, 0.6) is 0 Å². The minimum atomic E-state index is 0.128. The minimum Gasteiger partial charge on any atom is -0.353 e. The highest BCUT2D eigenvalue weighted by molar-refractivity contribution is 5.79. The first-order valence-corrected chi connectivity index (χ1v) is 8.01. The van der Waals surface area contributed by atoms with Gasteiger partial charge in [0.2, 0.25) is 5.91 Å². The molecule has 1 saturated heterocycles. The minimum absolute atomic E-state index is 0.128. The number of aromatic nitrogens is 2. The van der Waals surface area contributed by atoms with E-state index in [1.165, 1.54) is 0 Å². The van der Waals surface area contributed by atoms with E-state index >= 15 is 0 Å². The molecule has 0 saturated carbocycles. The summed E-state index contributed by atoms with van der Waals surface area (Å²) in [5.41, 5.74) is 2.07. The monoisotopic (exact) mass is 292 g/mol. The van der Waals surface area contributed by atoms with Gasteiger partial charge in [-0.25, -0.2) is 0 Å². The van der Waals surface area contributed by atoms with Gasteiger partial charge in [-0.15, -0.1) is 0 Å². The van der Waals surface area contributed by atoms with Crippen molar-refractivity contribution < 1.29 is 4.79 Å². The van der Waals surface area contributed by atoms with Crippen LogP contribution in [-0.2, 0) is 11.2 Å². The summed E-state index contributed by atoms with van der Waals surface area (Å²) in [5.74, 6) is 0.376. The third-order valence-corrected chi connectivity index (χ3v) is 4.29. The number of amides is 1. The Hall–Kier alpha value is -1.36. The number of aromatic amines is 1. The van der Waals surface area contributed by atoms with Gasteiger partial charge in [0.1, 0.15) is 0 Å². The quantitative estimate of drug-likeness (QED) is 0.871. The van der Waals surface area contributed by atoms with Gasteiger partial charge in [-0.2, -0.15) is 5.10 Å². The van der Waals surface area contributed by atoms with E-state index in [2.05, 4.69) is 34.3 Å². The van der Waals surface area contributed by atoms with Crippen LogP contribution in [0.1, 0.15) is 45.0 Å². The van der Waals surface area contributed by atoms with Crippen molar-refractivity contribution in [3.8, 4) is 0 Å². The number of nitrogens with one attached hydrogen (secondary N) is 2. The molecule has 118 valence electrons. The molecule has 1 aliphatic rings. The van der Waals surface area contributed by atoms with Gasteiger partial charge in [0.25, 0.3) is 0 Å². The number of hydrogen-bond donors (Lipinski definition) is 2. The maximum atomic E-state index is 12.3. The summed E-state index contributed by atoms with van der Waals surface area (Å²) >= 11 is 0. The number of nitrogens with zero attached hydrogens (tertiary/aromatic N) is 2. The molecule has 1 aromatic heterocycles. The van der Waals surface area contributed by atoms with Crippen LogP contribution in [0.15, 0.2) is 6.07 Å². The van der Waals surface area contributed by atoms with Crippen LogP contribution in [0.25, 0.3) is 0 Å². The largest absolute Gasteiger partial charge is 0.353 e. The fourth-order valence-corrected chi connectivity index (χ4v) is 2.98. The summed E-state index contributed by atoms with van der Waals surface area (Å²) in [6.07, 6.45) is 2.72. The molecule has 5 heteroatoms. The summed E-state index contributed by atoms with van der Waals surface area (Å²) < 4.78 is 0. The van der Waals surface area contributed by atoms with E-state index in [-0.39, 0.29) is 17.9 Å². The molecule has 0 bridgehead atoms. The van der Waals surface area contributed by atoms with Gasteiger partial charge in [-0.3, -0.25) is 9.89 Å². The molecule has 5 nitrogen and oxygen atoms in total. The molecule has 1 aliphatic heterocycles. The second-order valence-electron chi connectivity index (χ2n) is 6.56. The zero-order chi connectivity index (χ0) is 15.4. The Morgan fingerprint density at radius 3 is 2.62 bits per heavy atom.